The standard InChI is InChI=1S/C15H21NO4/c1-3-15(2,9-14(19)20)8-13(18)16-12-6-4-5-11(7-12)10-17/h4-7,17H,3,8-10H2,1-2H3,(H,16,18)(H,19,20)/t15-/m0/s1. The molecule has 1 atom stereocenters. The minimum atomic E-state index is -0.899. The molecule has 0 saturated heterocycles. The van der Waals surface area contributed by atoms with Crippen molar-refractivity contribution in [3.8, 4) is 0 Å². The molecule has 1 amide bonds. The number of nitrogens with one attached hydrogen (secondary N) is 1. The van der Waals surface area contributed by atoms with Crippen molar-refractivity contribution in [1.82, 2.24) is 0 Å². The van der Waals surface area contributed by atoms with Crippen LogP contribution in [0.1, 0.15) is 38.7 Å². The summed E-state index contributed by atoms with van der Waals surface area (Å²) in [5.74, 6) is -1.12. The maximum absolute atomic E-state index is 12.0. The molecule has 3 N–H and O–H groups in total. The molecule has 0 fully saturated rings. The Hall–Kier alpha value is -1.88. The van der Waals surface area contributed by atoms with Crippen LogP contribution in [0.4, 0.5) is 5.69 Å². The van der Waals surface area contributed by atoms with Crippen molar-refractivity contribution in [3.63, 3.8) is 0 Å². The molecule has 0 aromatic heterocycles. The van der Waals surface area contributed by atoms with Gasteiger partial charge in [0.15, 0.2) is 0 Å². The number of carbonyl (C=O) groups is 2. The zero-order valence-electron chi connectivity index (χ0n) is 11.8. The van der Waals surface area contributed by atoms with E-state index < -0.39 is 11.4 Å². The fourth-order valence-electron chi connectivity index (χ4n) is 2.02. The third-order valence-electron chi connectivity index (χ3n) is 3.41. The maximum atomic E-state index is 12.0. The second-order valence-corrected chi connectivity index (χ2v) is 5.32. The van der Waals surface area contributed by atoms with E-state index in [-0.39, 0.29) is 25.4 Å². The highest BCUT2D eigenvalue weighted by molar-refractivity contribution is 5.91. The van der Waals surface area contributed by atoms with Crippen molar-refractivity contribution in [3.05, 3.63) is 29.8 Å². The number of hydrogen-bond acceptors (Lipinski definition) is 3. The van der Waals surface area contributed by atoms with Crippen molar-refractivity contribution in [2.24, 2.45) is 5.41 Å². The van der Waals surface area contributed by atoms with Gasteiger partial charge >= 0.3 is 5.97 Å². The van der Waals surface area contributed by atoms with E-state index in [1.54, 1.807) is 31.2 Å². The van der Waals surface area contributed by atoms with E-state index in [2.05, 4.69) is 5.32 Å². The smallest absolute Gasteiger partial charge is 0.303 e. The third-order valence-corrected chi connectivity index (χ3v) is 3.41. The van der Waals surface area contributed by atoms with E-state index in [9.17, 15) is 9.59 Å². The van der Waals surface area contributed by atoms with Crippen LogP contribution in [0, 0.1) is 5.41 Å². The lowest BCUT2D eigenvalue weighted by molar-refractivity contribution is -0.140. The molecule has 1 aromatic carbocycles. The maximum Gasteiger partial charge on any atom is 0.303 e. The van der Waals surface area contributed by atoms with Gasteiger partial charge in [-0.3, -0.25) is 9.59 Å². The highest BCUT2D eigenvalue weighted by Crippen LogP contribution is 2.30. The first-order valence-corrected chi connectivity index (χ1v) is 6.60. The number of aliphatic hydroxyl groups is 1. The molecule has 0 aliphatic heterocycles. The number of carboxylic acid groups (broad SMARTS) is 1. The first kappa shape index (κ1) is 16.2. The highest BCUT2D eigenvalue weighted by atomic mass is 16.4. The molecule has 0 aliphatic carbocycles. The lowest BCUT2D eigenvalue weighted by Crippen LogP contribution is -2.27. The van der Waals surface area contributed by atoms with Gasteiger partial charge in [0.05, 0.1) is 13.0 Å². The fourth-order valence-corrected chi connectivity index (χ4v) is 2.02. The fraction of sp³-hybridized carbons (Fsp3) is 0.467. The number of aliphatic hydroxyl groups excluding tert-OH is 1. The van der Waals surface area contributed by atoms with Crippen molar-refractivity contribution in [1.29, 1.82) is 0 Å². The van der Waals surface area contributed by atoms with Crippen molar-refractivity contribution < 1.29 is 19.8 Å². The average molecular weight is 279 g/mol. The van der Waals surface area contributed by atoms with Gasteiger partial charge in [-0.2, -0.15) is 0 Å². The number of hydrogen-bond donors (Lipinski definition) is 3. The van der Waals surface area contributed by atoms with E-state index in [1.807, 2.05) is 6.92 Å². The van der Waals surface area contributed by atoms with Gasteiger partial charge in [0, 0.05) is 12.1 Å². The first-order valence-electron chi connectivity index (χ1n) is 6.60. The minimum absolute atomic E-state index is 0.0341. The zero-order valence-corrected chi connectivity index (χ0v) is 11.8. The van der Waals surface area contributed by atoms with Crippen LogP contribution in [0.15, 0.2) is 24.3 Å². The summed E-state index contributed by atoms with van der Waals surface area (Å²) in [7, 11) is 0. The van der Waals surface area contributed by atoms with Gasteiger partial charge in [-0.1, -0.05) is 26.0 Å². The molecule has 20 heavy (non-hydrogen) atoms. The van der Waals surface area contributed by atoms with Crippen LogP contribution in [0.2, 0.25) is 0 Å². The molecule has 0 unspecified atom stereocenters. The topological polar surface area (TPSA) is 86.6 Å². The number of carbonyl (C=O) groups excluding carboxylic acids is 1. The van der Waals surface area contributed by atoms with Crippen LogP contribution in [0.3, 0.4) is 0 Å². The predicted molar refractivity (Wildman–Crippen MR) is 76.3 cm³/mol. The van der Waals surface area contributed by atoms with Crippen molar-refractivity contribution in [2.75, 3.05) is 5.32 Å². The van der Waals surface area contributed by atoms with Gasteiger partial charge in [-0.15, -0.1) is 0 Å². The predicted octanol–water partition coefficient (Wildman–Crippen LogP) is 2.40. The second-order valence-electron chi connectivity index (χ2n) is 5.32. The number of carboxylic acids is 1. The Kier molecular flexibility index (Phi) is 5.70. The quantitative estimate of drug-likeness (QED) is 0.715. The van der Waals surface area contributed by atoms with Crippen molar-refractivity contribution >= 4 is 17.6 Å². The molecule has 0 heterocycles. The molecule has 5 nitrogen and oxygen atoms in total. The lowest BCUT2D eigenvalue weighted by atomic mass is 9.80. The van der Waals surface area contributed by atoms with E-state index in [1.165, 1.54) is 0 Å². The van der Waals surface area contributed by atoms with Gasteiger partial charge in [-0.05, 0) is 29.5 Å². The molecule has 1 rings (SSSR count). The monoisotopic (exact) mass is 279 g/mol. The third kappa shape index (κ3) is 5.01. The van der Waals surface area contributed by atoms with Gasteiger partial charge in [0.25, 0.3) is 0 Å². The molecule has 110 valence electrons. The van der Waals surface area contributed by atoms with Crippen LogP contribution < -0.4 is 5.32 Å². The SMILES string of the molecule is CC[C@](C)(CC(=O)O)CC(=O)Nc1cccc(CO)c1. The van der Waals surface area contributed by atoms with E-state index in [0.29, 0.717) is 17.7 Å². The molecule has 0 radical (unpaired) electrons. The van der Waals surface area contributed by atoms with Crippen LogP contribution in [-0.4, -0.2) is 22.1 Å². The molecule has 0 aliphatic rings. The molecular weight excluding hydrogens is 258 g/mol. The summed E-state index contributed by atoms with van der Waals surface area (Å²) in [6.07, 6.45) is 0.732. The van der Waals surface area contributed by atoms with Gasteiger partial charge < -0.3 is 15.5 Å². The summed E-state index contributed by atoms with van der Waals surface area (Å²) in [5.41, 5.74) is 0.770. The summed E-state index contributed by atoms with van der Waals surface area (Å²) in [5, 5.41) is 20.7. The minimum Gasteiger partial charge on any atom is -0.481 e. The largest absolute Gasteiger partial charge is 0.481 e. The highest BCUT2D eigenvalue weighted by Gasteiger charge is 2.28. The van der Waals surface area contributed by atoms with Gasteiger partial charge in [-0.25, -0.2) is 0 Å². The summed E-state index contributed by atoms with van der Waals surface area (Å²) in [6.45, 7) is 3.59. The Morgan fingerprint density at radius 2 is 2.00 bits per heavy atom. The summed E-state index contributed by atoms with van der Waals surface area (Å²) in [4.78, 5) is 22.8. The van der Waals surface area contributed by atoms with Gasteiger partial charge in [0.2, 0.25) is 5.91 Å². The van der Waals surface area contributed by atoms with Gasteiger partial charge in [0.1, 0.15) is 0 Å². The van der Waals surface area contributed by atoms with E-state index in [0.717, 1.165) is 0 Å². The molecule has 0 bridgehead atoms. The normalized spacial score (nSPS) is 13.6. The number of anilines is 1. The summed E-state index contributed by atoms with van der Waals surface area (Å²) >= 11 is 0. The number of benzene rings is 1. The van der Waals surface area contributed by atoms with Crippen LogP contribution >= 0.6 is 0 Å². The lowest BCUT2D eigenvalue weighted by Gasteiger charge is -2.25. The van der Waals surface area contributed by atoms with E-state index in [4.69, 9.17) is 10.2 Å². The number of aliphatic carboxylic acids is 1. The summed E-state index contributed by atoms with van der Waals surface area (Å²) in [6, 6.07) is 6.93. The second kappa shape index (κ2) is 7.05. The molecule has 0 spiro atoms. The zero-order chi connectivity index (χ0) is 15.2. The Morgan fingerprint density at radius 3 is 2.55 bits per heavy atom. The van der Waals surface area contributed by atoms with Crippen LogP contribution in [0.5, 0.6) is 0 Å². The Morgan fingerprint density at radius 1 is 1.30 bits per heavy atom. The Balaban J connectivity index is 2.68. The molecule has 1 aromatic rings. The van der Waals surface area contributed by atoms with Crippen LogP contribution in [0.25, 0.3) is 0 Å². The number of rotatable bonds is 7. The Bertz CT molecular complexity index is 487. The number of amides is 1. The molecular formula is C15H21NO4. The summed E-state index contributed by atoms with van der Waals surface area (Å²) < 4.78 is 0. The molecule has 0 saturated carbocycles. The average Bonchev–Trinajstić information content (AvgIpc) is 2.37. The van der Waals surface area contributed by atoms with Crippen molar-refractivity contribution in [2.45, 2.75) is 39.7 Å². The molecule has 5 heteroatoms. The first-order chi connectivity index (χ1) is 9.38. The Labute approximate surface area is 118 Å². The van der Waals surface area contributed by atoms with E-state index >= 15 is 0 Å². The van der Waals surface area contributed by atoms with Crippen LogP contribution in [-0.2, 0) is 16.2 Å².